The molecule has 170 valence electrons. The number of hydroxylamine groups is 2. The summed E-state index contributed by atoms with van der Waals surface area (Å²) in [5.41, 5.74) is 5.94. The highest BCUT2D eigenvalue weighted by Gasteiger charge is 2.25. The van der Waals surface area contributed by atoms with Crippen LogP contribution in [-0.2, 0) is 24.8 Å². The number of hydrogen-bond acceptors (Lipinski definition) is 8. The normalized spacial score (nSPS) is 11.7. The second-order valence-electron chi connectivity index (χ2n) is 6.66. The molecule has 0 saturated carbocycles. The van der Waals surface area contributed by atoms with Crippen LogP contribution in [0.1, 0.15) is 12.0 Å². The van der Waals surface area contributed by atoms with Gasteiger partial charge in [0.2, 0.25) is 5.96 Å². The Labute approximate surface area is 182 Å². The number of nitrogens with two attached hydrogens (primary N) is 1. The number of benzene rings is 2. The summed E-state index contributed by atoms with van der Waals surface area (Å²) < 4.78 is 60.2. The van der Waals surface area contributed by atoms with E-state index in [1.54, 1.807) is 13.0 Å². The summed E-state index contributed by atoms with van der Waals surface area (Å²) in [4.78, 5) is 4.42. The molecule has 0 aliphatic rings. The van der Waals surface area contributed by atoms with Gasteiger partial charge in [-0.1, -0.05) is 12.1 Å². The fourth-order valence-corrected chi connectivity index (χ4v) is 5.02. The van der Waals surface area contributed by atoms with Crippen molar-refractivity contribution >= 4 is 25.9 Å². The van der Waals surface area contributed by atoms with Gasteiger partial charge in [0.1, 0.15) is 16.4 Å². The average Bonchev–Trinajstić information content (AvgIpc) is 2.66. The number of hydrogen-bond donors (Lipinski definition) is 2. The first-order valence-corrected chi connectivity index (χ1v) is 12.4. The molecule has 0 spiro atoms. The molecule has 0 amide bonds. The van der Waals surface area contributed by atoms with Gasteiger partial charge in [0.05, 0.1) is 18.1 Å². The van der Waals surface area contributed by atoms with Gasteiger partial charge >= 0.3 is 10.1 Å². The minimum atomic E-state index is -4.40. The second-order valence-corrected chi connectivity index (χ2v) is 10.2. The number of nitrogens with zero attached hydrogens (tertiary/aromatic N) is 1. The van der Waals surface area contributed by atoms with E-state index in [-0.39, 0.29) is 29.8 Å². The van der Waals surface area contributed by atoms with E-state index in [9.17, 15) is 16.8 Å². The summed E-state index contributed by atoms with van der Waals surface area (Å²) in [5.74, 6) is 0.146. The quantitative estimate of drug-likeness (QED) is 0.173. The van der Waals surface area contributed by atoms with Crippen LogP contribution in [0.2, 0.25) is 0 Å². The van der Waals surface area contributed by atoms with Gasteiger partial charge in [0.25, 0.3) is 0 Å². The summed E-state index contributed by atoms with van der Waals surface area (Å²) in [6, 6.07) is 9.84. The van der Waals surface area contributed by atoms with Crippen molar-refractivity contribution in [3.8, 4) is 11.5 Å². The fraction of sp³-hybridized carbons (Fsp3) is 0.316. The third-order valence-electron chi connectivity index (χ3n) is 3.93. The highest BCUT2D eigenvalue weighted by Crippen LogP contribution is 2.28. The van der Waals surface area contributed by atoms with E-state index in [0.717, 1.165) is 11.3 Å². The summed E-state index contributed by atoms with van der Waals surface area (Å²) >= 11 is 0. The van der Waals surface area contributed by atoms with E-state index in [0.29, 0.717) is 17.7 Å². The highest BCUT2D eigenvalue weighted by atomic mass is 32.2. The summed E-state index contributed by atoms with van der Waals surface area (Å²) in [7, 11) is -6.66. The predicted molar refractivity (Wildman–Crippen MR) is 114 cm³/mol. The van der Waals surface area contributed by atoms with Crippen molar-refractivity contribution in [1.29, 1.82) is 5.41 Å². The van der Waals surface area contributed by atoms with Crippen molar-refractivity contribution in [3.05, 3.63) is 48.0 Å². The van der Waals surface area contributed by atoms with Crippen LogP contribution in [0.15, 0.2) is 52.3 Å². The zero-order chi connectivity index (χ0) is 23.2. The number of sulfone groups is 1. The number of ether oxygens (including phenoxy) is 1. The fourth-order valence-electron chi connectivity index (χ4n) is 2.50. The minimum absolute atomic E-state index is 0.00846. The summed E-state index contributed by atoms with van der Waals surface area (Å²) in [5, 5.41) is 8.32. The zero-order valence-corrected chi connectivity index (χ0v) is 19.0. The summed E-state index contributed by atoms with van der Waals surface area (Å²) in [6.45, 7) is 2.27. The lowest BCUT2D eigenvalue weighted by Gasteiger charge is -2.16. The molecule has 2 rings (SSSR count). The maximum atomic E-state index is 12.7. The van der Waals surface area contributed by atoms with Crippen LogP contribution < -0.4 is 14.7 Å². The van der Waals surface area contributed by atoms with Crippen molar-refractivity contribution in [2.75, 3.05) is 26.5 Å². The number of aryl methyl sites for hydroxylation is 1. The van der Waals surface area contributed by atoms with Gasteiger partial charge in [-0.25, -0.2) is 13.5 Å². The van der Waals surface area contributed by atoms with Crippen molar-refractivity contribution in [2.24, 2.45) is 5.73 Å². The van der Waals surface area contributed by atoms with Crippen LogP contribution in [0.25, 0.3) is 0 Å². The largest absolute Gasteiger partial charge is 0.493 e. The Balaban J connectivity index is 2.11. The molecular weight excluding hydrogens is 446 g/mol. The predicted octanol–water partition coefficient (Wildman–Crippen LogP) is 1.69. The van der Waals surface area contributed by atoms with Gasteiger partial charge in [-0.3, -0.25) is 10.2 Å². The monoisotopic (exact) mass is 471 g/mol. The Bertz CT molecular complexity index is 1150. The first kappa shape index (κ1) is 24.4. The molecule has 2 aromatic rings. The third kappa shape index (κ3) is 7.12. The molecule has 0 radical (unpaired) electrons. The van der Waals surface area contributed by atoms with Crippen molar-refractivity contribution in [2.45, 2.75) is 23.1 Å². The first-order chi connectivity index (χ1) is 14.4. The van der Waals surface area contributed by atoms with Gasteiger partial charge < -0.3 is 14.7 Å². The molecule has 12 heteroatoms. The second kappa shape index (κ2) is 9.98. The van der Waals surface area contributed by atoms with E-state index in [2.05, 4.69) is 0 Å². The van der Waals surface area contributed by atoms with E-state index < -0.39 is 24.9 Å². The highest BCUT2D eigenvalue weighted by molar-refractivity contribution is 7.92. The molecule has 0 aliphatic heterocycles. The van der Waals surface area contributed by atoms with Gasteiger partial charge in [-0.2, -0.15) is 8.42 Å². The molecule has 10 nitrogen and oxygen atoms in total. The molecule has 0 aliphatic carbocycles. The Morgan fingerprint density at radius 1 is 1.03 bits per heavy atom. The number of nitrogens with one attached hydrogen (secondary N) is 1. The Morgan fingerprint density at radius 3 is 2.26 bits per heavy atom. The third-order valence-corrected chi connectivity index (χ3v) is 6.52. The van der Waals surface area contributed by atoms with Crippen LogP contribution in [0, 0.1) is 12.3 Å². The molecule has 0 unspecified atom stereocenters. The molecular formula is C19H25N3O7S2. The SMILES string of the molecule is Cc1cc(OCCCON(C)C(=N)N)cc(OS(=O)(=O)c2ccccc2S(C)(=O)=O)c1. The lowest BCUT2D eigenvalue weighted by Crippen LogP contribution is -2.33. The molecule has 0 heterocycles. The minimum Gasteiger partial charge on any atom is -0.493 e. The maximum Gasteiger partial charge on any atom is 0.340 e. The molecule has 0 bridgehead atoms. The number of guanidine groups is 1. The van der Waals surface area contributed by atoms with Crippen LogP contribution in [0.4, 0.5) is 0 Å². The molecule has 3 N–H and O–H groups in total. The molecule has 0 atom stereocenters. The van der Waals surface area contributed by atoms with Gasteiger partial charge in [0, 0.05) is 25.8 Å². The Morgan fingerprint density at radius 2 is 1.65 bits per heavy atom. The van der Waals surface area contributed by atoms with Crippen LogP contribution in [0.3, 0.4) is 0 Å². The molecule has 0 fully saturated rings. The lowest BCUT2D eigenvalue weighted by molar-refractivity contribution is -0.0842. The van der Waals surface area contributed by atoms with E-state index in [4.69, 9.17) is 24.9 Å². The summed E-state index contributed by atoms with van der Waals surface area (Å²) in [6.07, 6.45) is 1.42. The molecule has 2 aromatic carbocycles. The van der Waals surface area contributed by atoms with Crippen molar-refractivity contribution in [1.82, 2.24) is 5.06 Å². The van der Waals surface area contributed by atoms with E-state index >= 15 is 0 Å². The van der Waals surface area contributed by atoms with Crippen molar-refractivity contribution in [3.63, 3.8) is 0 Å². The van der Waals surface area contributed by atoms with Crippen LogP contribution >= 0.6 is 0 Å². The standard InChI is InChI=1S/C19H25N3O7S2/c1-14-11-15(27-9-6-10-28-22(2)19(20)21)13-16(12-14)29-31(25,26)18-8-5-4-7-17(18)30(3,23)24/h4-5,7-8,11-13H,6,9-10H2,1-3H3,(H3,20,21). The molecule has 31 heavy (non-hydrogen) atoms. The van der Waals surface area contributed by atoms with Crippen molar-refractivity contribution < 1.29 is 30.6 Å². The van der Waals surface area contributed by atoms with E-state index in [1.807, 2.05) is 0 Å². The van der Waals surface area contributed by atoms with Crippen LogP contribution in [-0.4, -0.2) is 54.4 Å². The smallest absolute Gasteiger partial charge is 0.340 e. The molecule has 0 aromatic heterocycles. The number of rotatable bonds is 10. The Hall–Kier alpha value is -2.83. The van der Waals surface area contributed by atoms with E-state index in [1.165, 1.54) is 43.4 Å². The zero-order valence-electron chi connectivity index (χ0n) is 17.4. The molecule has 0 saturated heterocycles. The lowest BCUT2D eigenvalue weighted by atomic mass is 10.2. The van der Waals surface area contributed by atoms with Gasteiger partial charge in [-0.15, -0.1) is 0 Å². The first-order valence-electron chi connectivity index (χ1n) is 9.09. The average molecular weight is 472 g/mol. The van der Waals surface area contributed by atoms with Crippen LogP contribution in [0.5, 0.6) is 11.5 Å². The Kier molecular flexibility index (Phi) is 7.87. The maximum absolute atomic E-state index is 12.7. The van der Waals surface area contributed by atoms with Gasteiger partial charge in [-0.05, 0) is 36.8 Å². The van der Waals surface area contributed by atoms with Gasteiger partial charge in [0.15, 0.2) is 9.84 Å². The topological polar surface area (TPSA) is 149 Å².